The highest BCUT2D eigenvalue weighted by Gasteiger charge is 2.35. The molecule has 0 radical (unpaired) electrons. The minimum Gasteiger partial charge on any atom is -0.407 e. The van der Waals surface area contributed by atoms with Crippen molar-refractivity contribution >= 4 is 33.4 Å². The van der Waals surface area contributed by atoms with Crippen molar-refractivity contribution in [3.8, 4) is 0 Å². The maximum absolute atomic E-state index is 12.3. The van der Waals surface area contributed by atoms with Crippen LogP contribution in [0.4, 0.5) is 11.7 Å². The van der Waals surface area contributed by atoms with Crippen LogP contribution in [0.25, 0.3) is 0 Å². The normalized spacial score (nSPS) is 17.5. The largest absolute Gasteiger partial charge is 0.407 e. The molecule has 0 aliphatic carbocycles. The molecule has 10 heteroatoms. The Morgan fingerprint density at radius 3 is 2.62 bits per heavy atom. The molecule has 1 aliphatic rings. The maximum atomic E-state index is 12.3. The predicted molar refractivity (Wildman–Crippen MR) is 92.5 cm³/mol. The Labute approximate surface area is 150 Å². The van der Waals surface area contributed by atoms with Gasteiger partial charge in [0.25, 0.3) is 0 Å². The van der Waals surface area contributed by atoms with Crippen molar-refractivity contribution in [2.75, 3.05) is 23.0 Å². The van der Waals surface area contributed by atoms with Crippen LogP contribution in [0, 0.1) is 0 Å². The number of rotatable bonds is 5. The van der Waals surface area contributed by atoms with E-state index in [1.807, 2.05) is 0 Å². The number of nitrogens with zero attached hydrogens (tertiary/aromatic N) is 3. The van der Waals surface area contributed by atoms with E-state index in [0.717, 1.165) is 6.26 Å². The van der Waals surface area contributed by atoms with Gasteiger partial charge in [0.15, 0.2) is 9.84 Å². The van der Waals surface area contributed by atoms with Crippen LogP contribution in [0.1, 0.15) is 31.6 Å². The average Bonchev–Trinajstić information content (AvgIpc) is 3.20. The van der Waals surface area contributed by atoms with Gasteiger partial charge in [-0.2, -0.15) is 0 Å². The van der Waals surface area contributed by atoms with Crippen molar-refractivity contribution in [2.24, 2.45) is 0 Å². The molecule has 1 atom stereocenters. The number of carbonyl (C=O) groups is 2. The second kappa shape index (κ2) is 6.87. The number of sulfone groups is 1. The molecule has 9 nitrogen and oxygen atoms in total. The van der Waals surface area contributed by atoms with Crippen LogP contribution in [-0.4, -0.2) is 43.2 Å². The van der Waals surface area contributed by atoms with Crippen LogP contribution in [0.2, 0.25) is 0 Å². The molecular weight excluding hydrogens is 360 g/mol. The first-order valence-corrected chi connectivity index (χ1v) is 9.91. The zero-order chi connectivity index (χ0) is 18.9. The average molecular weight is 378 g/mol. The van der Waals surface area contributed by atoms with Gasteiger partial charge in [-0.15, -0.1) is 5.10 Å². The number of aromatic nitrogens is 2. The number of hydrogen-bond acceptors (Lipinski definition) is 7. The van der Waals surface area contributed by atoms with Crippen molar-refractivity contribution in [3.05, 3.63) is 30.2 Å². The summed E-state index contributed by atoms with van der Waals surface area (Å²) in [6.07, 6.45) is 1.61. The summed E-state index contributed by atoms with van der Waals surface area (Å²) in [7, 11) is -3.29. The zero-order valence-electron chi connectivity index (χ0n) is 14.3. The van der Waals surface area contributed by atoms with E-state index in [1.54, 1.807) is 24.0 Å². The molecule has 3 rings (SSSR count). The fourth-order valence-electron chi connectivity index (χ4n) is 2.65. The Kier molecular flexibility index (Phi) is 4.77. The number of hydrogen-bond donors (Lipinski definition) is 1. The zero-order valence-corrected chi connectivity index (χ0v) is 15.1. The Hall–Kier alpha value is -2.75. The van der Waals surface area contributed by atoms with E-state index in [2.05, 4.69) is 15.5 Å². The molecule has 2 amide bonds. The molecule has 1 aromatic carbocycles. The van der Waals surface area contributed by atoms with Gasteiger partial charge in [0, 0.05) is 31.3 Å². The van der Waals surface area contributed by atoms with Gasteiger partial charge in [0.2, 0.25) is 17.7 Å². The van der Waals surface area contributed by atoms with Gasteiger partial charge >= 0.3 is 6.01 Å². The van der Waals surface area contributed by atoms with Crippen molar-refractivity contribution in [2.45, 2.75) is 30.6 Å². The molecule has 2 aromatic rings. The van der Waals surface area contributed by atoms with E-state index in [9.17, 15) is 18.0 Å². The first kappa shape index (κ1) is 18.1. The Bertz CT molecular complexity index is 936. The van der Waals surface area contributed by atoms with Crippen LogP contribution < -0.4 is 10.2 Å². The van der Waals surface area contributed by atoms with E-state index in [1.165, 1.54) is 12.1 Å². The fraction of sp³-hybridized carbons (Fsp3) is 0.375. The molecule has 0 bridgehead atoms. The van der Waals surface area contributed by atoms with Gasteiger partial charge in [-0.3, -0.25) is 14.9 Å². The molecule has 1 fully saturated rings. The first-order valence-electron chi connectivity index (χ1n) is 8.01. The predicted octanol–water partition coefficient (Wildman–Crippen LogP) is 1.34. The minimum absolute atomic E-state index is 0.00949. The monoisotopic (exact) mass is 378 g/mol. The number of anilines is 2. The highest BCUT2D eigenvalue weighted by atomic mass is 32.2. The molecule has 1 saturated heterocycles. The smallest absolute Gasteiger partial charge is 0.322 e. The molecule has 2 heterocycles. The summed E-state index contributed by atoms with van der Waals surface area (Å²) in [5.41, 5.74) is 0.601. The van der Waals surface area contributed by atoms with Crippen molar-refractivity contribution < 1.29 is 22.4 Å². The SMILES string of the molecule is CCC(=O)Nc1nnc(C2CC(=O)N(c3ccc(S(C)(=O)=O)cc3)C2)o1. The Morgan fingerprint density at radius 1 is 1.31 bits per heavy atom. The molecule has 26 heavy (non-hydrogen) atoms. The molecule has 1 aliphatic heterocycles. The highest BCUT2D eigenvalue weighted by Crippen LogP contribution is 2.32. The van der Waals surface area contributed by atoms with Crippen molar-refractivity contribution in [1.82, 2.24) is 10.2 Å². The highest BCUT2D eigenvalue weighted by molar-refractivity contribution is 7.90. The van der Waals surface area contributed by atoms with Crippen molar-refractivity contribution in [1.29, 1.82) is 0 Å². The van der Waals surface area contributed by atoms with E-state index >= 15 is 0 Å². The van der Waals surface area contributed by atoms with Crippen LogP contribution >= 0.6 is 0 Å². The molecule has 0 spiro atoms. The van der Waals surface area contributed by atoms with E-state index < -0.39 is 9.84 Å². The van der Waals surface area contributed by atoms with Gasteiger partial charge in [0.05, 0.1) is 10.8 Å². The second-order valence-corrected chi connectivity index (χ2v) is 8.03. The summed E-state index contributed by atoms with van der Waals surface area (Å²) >= 11 is 0. The number of carbonyl (C=O) groups excluding carboxylic acids is 2. The topological polar surface area (TPSA) is 122 Å². The van der Waals surface area contributed by atoms with Crippen LogP contribution in [0.15, 0.2) is 33.6 Å². The molecule has 1 N–H and O–H groups in total. The molecular formula is C16H18N4O5S. The van der Waals surface area contributed by atoms with E-state index in [4.69, 9.17) is 4.42 Å². The molecule has 0 saturated carbocycles. The summed E-state index contributed by atoms with van der Waals surface area (Å²) < 4.78 is 28.5. The lowest BCUT2D eigenvalue weighted by Gasteiger charge is -2.16. The summed E-state index contributed by atoms with van der Waals surface area (Å²) in [6.45, 7) is 2.04. The lowest BCUT2D eigenvalue weighted by atomic mass is 10.1. The maximum Gasteiger partial charge on any atom is 0.322 e. The number of nitrogens with one attached hydrogen (secondary N) is 1. The summed E-state index contributed by atoms with van der Waals surface area (Å²) in [5.74, 6) is -0.383. The molecule has 1 unspecified atom stereocenters. The van der Waals surface area contributed by atoms with Gasteiger partial charge in [-0.1, -0.05) is 12.0 Å². The number of amides is 2. The summed E-state index contributed by atoms with van der Waals surface area (Å²) in [5, 5.41) is 10.1. The lowest BCUT2D eigenvalue weighted by molar-refractivity contribution is -0.117. The standard InChI is InChI=1S/C16H18N4O5S/c1-3-13(21)17-16-19-18-15(25-16)10-8-14(22)20(9-10)11-4-6-12(7-5-11)26(2,23)24/h4-7,10H,3,8-9H2,1-2H3,(H,17,19,21). The first-order chi connectivity index (χ1) is 12.3. The van der Waals surface area contributed by atoms with Crippen LogP contribution in [0.3, 0.4) is 0 Å². The summed E-state index contributed by atoms with van der Waals surface area (Å²) in [6, 6.07) is 6.14. The van der Waals surface area contributed by atoms with Crippen LogP contribution in [-0.2, 0) is 19.4 Å². The minimum atomic E-state index is -3.29. The summed E-state index contributed by atoms with van der Waals surface area (Å²) in [4.78, 5) is 25.4. The second-order valence-electron chi connectivity index (χ2n) is 6.02. The lowest BCUT2D eigenvalue weighted by Crippen LogP contribution is -2.24. The van der Waals surface area contributed by atoms with Gasteiger partial charge in [0.1, 0.15) is 0 Å². The third kappa shape index (κ3) is 3.74. The van der Waals surface area contributed by atoms with Crippen molar-refractivity contribution in [3.63, 3.8) is 0 Å². The van der Waals surface area contributed by atoms with E-state index in [-0.39, 0.29) is 47.4 Å². The van der Waals surface area contributed by atoms with Gasteiger partial charge in [-0.05, 0) is 24.3 Å². The fourth-order valence-corrected chi connectivity index (χ4v) is 3.28. The van der Waals surface area contributed by atoms with E-state index in [0.29, 0.717) is 12.2 Å². The third-order valence-corrected chi connectivity index (χ3v) is 5.19. The van der Waals surface area contributed by atoms with Gasteiger partial charge < -0.3 is 9.32 Å². The Balaban J connectivity index is 1.73. The number of benzene rings is 1. The molecule has 1 aromatic heterocycles. The third-order valence-electron chi connectivity index (χ3n) is 4.06. The Morgan fingerprint density at radius 2 is 2.00 bits per heavy atom. The van der Waals surface area contributed by atoms with Crippen LogP contribution in [0.5, 0.6) is 0 Å². The quantitative estimate of drug-likeness (QED) is 0.833. The molecule has 138 valence electrons. The van der Waals surface area contributed by atoms with Gasteiger partial charge in [-0.25, -0.2) is 8.42 Å².